The van der Waals surface area contributed by atoms with Gasteiger partial charge in [0.2, 0.25) is 0 Å². The number of benzene rings is 1. The van der Waals surface area contributed by atoms with E-state index in [-0.39, 0.29) is 6.61 Å². The van der Waals surface area contributed by atoms with Gasteiger partial charge in [-0.25, -0.2) is 0 Å². The highest BCUT2D eigenvalue weighted by molar-refractivity contribution is 5.41. The lowest BCUT2D eigenvalue weighted by Gasteiger charge is -2.16. The molecule has 1 aromatic rings. The van der Waals surface area contributed by atoms with Crippen LogP contribution in [0.15, 0.2) is 24.3 Å². The van der Waals surface area contributed by atoms with Crippen LogP contribution in [0.1, 0.15) is 17.5 Å². The molecule has 0 bridgehead atoms. The third-order valence-corrected chi connectivity index (χ3v) is 3.28. The molecule has 1 heterocycles. The van der Waals surface area contributed by atoms with Crippen molar-refractivity contribution in [2.75, 3.05) is 26.8 Å². The number of methoxy groups -OCH3 is 1. The number of aliphatic hydroxyl groups excluding tert-OH is 1. The largest absolute Gasteiger partial charge is 0.384 e. The molecule has 0 amide bonds. The lowest BCUT2D eigenvalue weighted by Crippen LogP contribution is -2.22. The van der Waals surface area contributed by atoms with E-state index in [1.165, 1.54) is 5.56 Å². The minimum Gasteiger partial charge on any atom is -0.384 e. The minimum absolute atomic E-state index is 0.0935. The molecule has 1 fully saturated rings. The van der Waals surface area contributed by atoms with Crippen molar-refractivity contribution in [3.8, 4) is 11.8 Å². The van der Waals surface area contributed by atoms with Crippen molar-refractivity contribution in [3.63, 3.8) is 0 Å². The van der Waals surface area contributed by atoms with Gasteiger partial charge >= 0.3 is 0 Å². The van der Waals surface area contributed by atoms with Gasteiger partial charge in [-0.05, 0) is 18.1 Å². The van der Waals surface area contributed by atoms with Crippen LogP contribution < -0.4 is 0 Å². The molecule has 1 unspecified atom stereocenters. The maximum absolute atomic E-state index is 8.77. The van der Waals surface area contributed by atoms with Crippen molar-refractivity contribution >= 4 is 0 Å². The van der Waals surface area contributed by atoms with E-state index in [2.05, 4.69) is 22.8 Å². The number of likely N-dealkylation sites (tertiary alicyclic amines) is 1. The Bertz CT molecular complexity index is 447. The summed E-state index contributed by atoms with van der Waals surface area (Å²) < 4.78 is 5.37. The first-order valence-corrected chi connectivity index (χ1v) is 6.26. The Labute approximate surface area is 108 Å². The Morgan fingerprint density at radius 2 is 2.28 bits per heavy atom. The highest BCUT2D eigenvalue weighted by Crippen LogP contribution is 2.17. The molecule has 1 N–H and O–H groups in total. The topological polar surface area (TPSA) is 32.7 Å². The number of ether oxygens (including phenoxy) is 1. The van der Waals surface area contributed by atoms with E-state index >= 15 is 0 Å². The molecule has 1 aromatic carbocycles. The predicted octanol–water partition coefficient (Wildman–Crippen LogP) is 1.25. The first-order valence-electron chi connectivity index (χ1n) is 6.26. The summed E-state index contributed by atoms with van der Waals surface area (Å²) in [5.74, 6) is 5.72. The molecule has 96 valence electrons. The van der Waals surface area contributed by atoms with Crippen LogP contribution in [0, 0.1) is 11.8 Å². The first-order chi connectivity index (χ1) is 8.83. The Hall–Kier alpha value is -1.34. The zero-order chi connectivity index (χ0) is 12.8. The van der Waals surface area contributed by atoms with Gasteiger partial charge in [-0.3, -0.25) is 4.90 Å². The predicted molar refractivity (Wildman–Crippen MR) is 71.1 cm³/mol. The average molecular weight is 245 g/mol. The maximum Gasteiger partial charge on any atom is 0.104 e. The fraction of sp³-hybridized carbons (Fsp3) is 0.467. The highest BCUT2D eigenvalue weighted by Gasteiger charge is 2.22. The van der Waals surface area contributed by atoms with Gasteiger partial charge in [0.1, 0.15) is 6.61 Å². The van der Waals surface area contributed by atoms with E-state index in [0.29, 0.717) is 6.10 Å². The van der Waals surface area contributed by atoms with Gasteiger partial charge in [-0.15, -0.1) is 0 Å². The Morgan fingerprint density at radius 3 is 3.00 bits per heavy atom. The van der Waals surface area contributed by atoms with Crippen molar-refractivity contribution in [3.05, 3.63) is 35.4 Å². The van der Waals surface area contributed by atoms with Crippen LogP contribution in [0.4, 0.5) is 0 Å². The molecular weight excluding hydrogens is 226 g/mol. The van der Waals surface area contributed by atoms with Crippen LogP contribution in [0.3, 0.4) is 0 Å². The third kappa shape index (κ3) is 3.33. The Kier molecular flexibility index (Phi) is 4.77. The van der Waals surface area contributed by atoms with Gasteiger partial charge in [-0.2, -0.15) is 0 Å². The molecule has 0 aromatic heterocycles. The molecule has 1 saturated heterocycles. The highest BCUT2D eigenvalue weighted by atomic mass is 16.5. The van der Waals surface area contributed by atoms with E-state index in [1.807, 2.05) is 18.2 Å². The molecule has 0 spiro atoms. The van der Waals surface area contributed by atoms with Crippen LogP contribution in [0.5, 0.6) is 0 Å². The SMILES string of the molecule is COC1CCN(Cc2ccccc2C#CCO)C1. The number of nitrogens with zero attached hydrogens (tertiary/aromatic N) is 1. The first kappa shape index (κ1) is 13.1. The maximum atomic E-state index is 8.77. The Balaban J connectivity index is 2.05. The van der Waals surface area contributed by atoms with E-state index in [4.69, 9.17) is 9.84 Å². The quantitative estimate of drug-likeness (QED) is 0.814. The van der Waals surface area contributed by atoms with E-state index in [1.54, 1.807) is 7.11 Å². The zero-order valence-corrected chi connectivity index (χ0v) is 10.7. The van der Waals surface area contributed by atoms with E-state index < -0.39 is 0 Å². The van der Waals surface area contributed by atoms with Gasteiger partial charge in [0.15, 0.2) is 0 Å². The summed E-state index contributed by atoms with van der Waals surface area (Å²) >= 11 is 0. The summed E-state index contributed by atoms with van der Waals surface area (Å²) in [5, 5.41) is 8.77. The van der Waals surface area contributed by atoms with Crippen molar-refractivity contribution in [1.29, 1.82) is 0 Å². The molecule has 1 aliphatic rings. The van der Waals surface area contributed by atoms with Gasteiger partial charge in [0.25, 0.3) is 0 Å². The molecule has 1 atom stereocenters. The van der Waals surface area contributed by atoms with Crippen molar-refractivity contribution in [1.82, 2.24) is 4.90 Å². The summed E-state index contributed by atoms with van der Waals surface area (Å²) in [7, 11) is 1.77. The second kappa shape index (κ2) is 6.55. The molecule has 0 radical (unpaired) electrons. The summed E-state index contributed by atoms with van der Waals surface area (Å²) in [6, 6.07) is 8.11. The van der Waals surface area contributed by atoms with Crippen LogP contribution in [0.2, 0.25) is 0 Å². The lowest BCUT2D eigenvalue weighted by atomic mass is 10.1. The molecular formula is C15H19NO2. The van der Waals surface area contributed by atoms with E-state index in [0.717, 1.165) is 31.6 Å². The zero-order valence-electron chi connectivity index (χ0n) is 10.7. The normalized spacial score (nSPS) is 19.6. The van der Waals surface area contributed by atoms with Crippen molar-refractivity contribution < 1.29 is 9.84 Å². The summed E-state index contributed by atoms with van der Waals surface area (Å²) in [5.41, 5.74) is 2.22. The molecule has 3 nitrogen and oxygen atoms in total. The molecule has 0 saturated carbocycles. The van der Waals surface area contributed by atoms with Crippen LogP contribution in [-0.2, 0) is 11.3 Å². The molecule has 0 aliphatic carbocycles. The lowest BCUT2D eigenvalue weighted by molar-refractivity contribution is 0.107. The third-order valence-electron chi connectivity index (χ3n) is 3.28. The molecule has 1 aliphatic heterocycles. The molecule has 2 rings (SSSR count). The standard InChI is InChI=1S/C15H19NO2/c1-18-15-8-9-16(12-15)11-14-6-3-2-5-13(14)7-4-10-17/h2-3,5-6,15,17H,8-12H2,1H3. The second-order valence-electron chi connectivity index (χ2n) is 4.50. The van der Waals surface area contributed by atoms with Gasteiger partial charge in [-0.1, -0.05) is 30.0 Å². The number of hydrogen-bond donors (Lipinski definition) is 1. The number of rotatable bonds is 3. The fourth-order valence-electron chi connectivity index (χ4n) is 2.29. The number of hydrogen-bond acceptors (Lipinski definition) is 3. The van der Waals surface area contributed by atoms with Crippen molar-refractivity contribution in [2.24, 2.45) is 0 Å². The summed E-state index contributed by atoms with van der Waals surface area (Å²) in [6.07, 6.45) is 1.46. The van der Waals surface area contributed by atoms with Crippen LogP contribution in [0.25, 0.3) is 0 Å². The van der Waals surface area contributed by atoms with Crippen LogP contribution in [-0.4, -0.2) is 42.9 Å². The smallest absolute Gasteiger partial charge is 0.104 e. The second-order valence-corrected chi connectivity index (χ2v) is 4.50. The molecule has 18 heavy (non-hydrogen) atoms. The monoisotopic (exact) mass is 245 g/mol. The van der Waals surface area contributed by atoms with Gasteiger partial charge < -0.3 is 9.84 Å². The fourth-order valence-corrected chi connectivity index (χ4v) is 2.29. The summed E-state index contributed by atoms with van der Waals surface area (Å²) in [4.78, 5) is 2.38. The van der Waals surface area contributed by atoms with Gasteiger partial charge in [0.05, 0.1) is 6.10 Å². The average Bonchev–Trinajstić information content (AvgIpc) is 2.85. The minimum atomic E-state index is -0.0935. The number of aliphatic hydroxyl groups is 1. The van der Waals surface area contributed by atoms with Crippen molar-refractivity contribution in [2.45, 2.75) is 19.1 Å². The van der Waals surface area contributed by atoms with Crippen LogP contribution >= 0.6 is 0 Å². The summed E-state index contributed by atoms with van der Waals surface area (Å²) in [6.45, 7) is 2.86. The molecule has 3 heteroatoms. The van der Waals surface area contributed by atoms with E-state index in [9.17, 15) is 0 Å². The Morgan fingerprint density at radius 1 is 1.44 bits per heavy atom. The van der Waals surface area contributed by atoms with Gasteiger partial charge in [0, 0.05) is 32.3 Å².